The molecule has 0 aliphatic rings. The van der Waals surface area contributed by atoms with E-state index in [1.165, 1.54) is 0 Å². The maximum absolute atomic E-state index is 9.12. The molecule has 9 heteroatoms. The second kappa shape index (κ2) is 13.8. The van der Waals surface area contributed by atoms with Gasteiger partial charge in [-0.15, -0.1) is 13.2 Å². The van der Waals surface area contributed by atoms with Crippen LogP contribution in [-0.2, 0) is 10.4 Å². The van der Waals surface area contributed by atoms with Gasteiger partial charge in [-0.3, -0.25) is 9.11 Å². The summed E-state index contributed by atoms with van der Waals surface area (Å²) in [5.41, 5.74) is 0. The van der Waals surface area contributed by atoms with Gasteiger partial charge in [0.05, 0.1) is 26.7 Å². The van der Waals surface area contributed by atoms with E-state index in [4.69, 9.17) is 22.6 Å². The van der Waals surface area contributed by atoms with Crippen molar-refractivity contribution < 1.29 is 27.1 Å². The van der Waals surface area contributed by atoms with Crippen molar-refractivity contribution in [2.45, 2.75) is 0 Å². The minimum absolute atomic E-state index is 0.236. The Morgan fingerprint density at radius 2 is 1.36 bits per heavy atom. The molecule has 0 saturated heterocycles. The molecule has 8 nitrogen and oxygen atoms in total. The normalized spacial score (nSPS) is 11.5. The summed E-state index contributed by atoms with van der Waals surface area (Å²) in [4.78, 5) is 0. The van der Waals surface area contributed by atoms with Crippen molar-refractivity contribution >= 4 is 10.4 Å². The zero-order valence-corrected chi connectivity index (χ0v) is 14.1. The van der Waals surface area contributed by atoms with E-state index in [0.29, 0.717) is 0 Å². The fraction of sp³-hybridized carbons (Fsp3) is 0.692. The van der Waals surface area contributed by atoms with Gasteiger partial charge in [0.15, 0.2) is 0 Å². The second-order valence-electron chi connectivity index (χ2n) is 4.95. The molecule has 0 amide bonds. The van der Waals surface area contributed by atoms with Gasteiger partial charge < -0.3 is 20.2 Å². The Morgan fingerprint density at radius 3 is 1.64 bits per heavy atom. The van der Waals surface area contributed by atoms with Crippen molar-refractivity contribution in [1.82, 2.24) is 10.6 Å². The SMILES string of the molecule is C=CCNCC[N+](C)(CCO)CCNCC=C.O=S(=O)(O)O. The first-order chi connectivity index (χ1) is 10.2. The van der Waals surface area contributed by atoms with E-state index in [1.807, 2.05) is 12.2 Å². The van der Waals surface area contributed by atoms with Gasteiger partial charge in [-0.1, -0.05) is 12.2 Å². The molecule has 0 aliphatic heterocycles. The third-order valence-corrected chi connectivity index (χ3v) is 2.87. The van der Waals surface area contributed by atoms with E-state index in [-0.39, 0.29) is 6.61 Å². The summed E-state index contributed by atoms with van der Waals surface area (Å²) in [6.07, 6.45) is 3.73. The highest BCUT2D eigenvalue weighted by molar-refractivity contribution is 7.79. The Labute approximate surface area is 133 Å². The van der Waals surface area contributed by atoms with Crippen molar-refractivity contribution in [1.29, 1.82) is 0 Å². The molecule has 0 aromatic heterocycles. The molecule has 0 bridgehead atoms. The van der Waals surface area contributed by atoms with Gasteiger partial charge in [0.1, 0.15) is 6.54 Å². The molecule has 0 unspecified atom stereocenters. The molecule has 0 spiro atoms. The molecular weight excluding hydrogens is 310 g/mol. The van der Waals surface area contributed by atoms with Gasteiger partial charge in [-0.2, -0.15) is 8.42 Å². The predicted octanol–water partition coefficient (Wildman–Crippen LogP) is -0.676. The van der Waals surface area contributed by atoms with Crippen molar-refractivity contribution in [3.63, 3.8) is 0 Å². The minimum atomic E-state index is -4.67. The van der Waals surface area contributed by atoms with Gasteiger partial charge in [0.25, 0.3) is 0 Å². The third-order valence-electron chi connectivity index (χ3n) is 2.87. The van der Waals surface area contributed by atoms with Crippen LogP contribution >= 0.6 is 0 Å². The van der Waals surface area contributed by atoms with Gasteiger partial charge in [-0.25, -0.2) is 0 Å². The lowest BCUT2D eigenvalue weighted by atomic mass is 10.3. The quantitative estimate of drug-likeness (QED) is 0.138. The topological polar surface area (TPSA) is 119 Å². The minimum Gasteiger partial charge on any atom is -0.391 e. The maximum Gasteiger partial charge on any atom is 0.394 e. The molecule has 0 atom stereocenters. The number of rotatable bonds is 12. The fourth-order valence-corrected chi connectivity index (χ4v) is 1.68. The summed E-state index contributed by atoms with van der Waals surface area (Å²) >= 11 is 0. The number of aliphatic hydroxyl groups is 1. The van der Waals surface area contributed by atoms with Crippen LogP contribution in [0.3, 0.4) is 0 Å². The average Bonchev–Trinajstić information content (AvgIpc) is 2.39. The first kappa shape index (κ1) is 23.5. The Kier molecular flexibility index (Phi) is 14.7. The number of likely N-dealkylation sites (N-methyl/N-ethyl adjacent to an activating group) is 1. The number of quaternary nitrogens is 1. The van der Waals surface area contributed by atoms with Crippen LogP contribution < -0.4 is 10.6 Å². The summed E-state index contributed by atoms with van der Waals surface area (Å²) in [7, 11) is -2.48. The monoisotopic (exact) mass is 340 g/mol. The summed E-state index contributed by atoms with van der Waals surface area (Å²) in [5.74, 6) is 0. The number of nitrogens with one attached hydrogen (secondary N) is 2. The summed E-state index contributed by atoms with van der Waals surface area (Å²) < 4.78 is 32.5. The first-order valence-electron chi connectivity index (χ1n) is 6.96. The molecule has 0 aromatic carbocycles. The molecule has 0 radical (unpaired) electrons. The Balaban J connectivity index is 0. The molecule has 132 valence electrons. The predicted molar refractivity (Wildman–Crippen MR) is 88.2 cm³/mol. The van der Waals surface area contributed by atoms with Gasteiger partial charge in [0.2, 0.25) is 0 Å². The zero-order valence-electron chi connectivity index (χ0n) is 13.2. The molecule has 0 fully saturated rings. The summed E-state index contributed by atoms with van der Waals surface area (Å²) in [6.45, 7) is 14.0. The van der Waals surface area contributed by atoms with Crippen LogP contribution in [0.4, 0.5) is 0 Å². The molecule has 5 N–H and O–H groups in total. The van der Waals surface area contributed by atoms with Crippen LogP contribution in [-0.4, -0.2) is 86.6 Å². The highest BCUT2D eigenvalue weighted by atomic mass is 32.3. The molecule has 22 heavy (non-hydrogen) atoms. The Bertz CT molecular complexity index is 363. The Hall–Kier alpha value is -0.810. The van der Waals surface area contributed by atoms with Crippen LogP contribution in [0.25, 0.3) is 0 Å². The largest absolute Gasteiger partial charge is 0.394 e. The van der Waals surface area contributed by atoms with E-state index >= 15 is 0 Å². The van der Waals surface area contributed by atoms with Crippen molar-refractivity contribution in [2.75, 3.05) is 59.5 Å². The summed E-state index contributed by atoms with van der Waals surface area (Å²) in [5, 5.41) is 15.7. The van der Waals surface area contributed by atoms with Crippen molar-refractivity contribution in [2.24, 2.45) is 0 Å². The lowest BCUT2D eigenvalue weighted by molar-refractivity contribution is -0.907. The van der Waals surface area contributed by atoms with Crippen LogP contribution in [0.2, 0.25) is 0 Å². The molecule has 0 aliphatic carbocycles. The average molecular weight is 340 g/mol. The van der Waals surface area contributed by atoms with E-state index in [9.17, 15) is 0 Å². The molecule has 0 aromatic rings. The molecule has 0 saturated carbocycles. The van der Waals surface area contributed by atoms with Crippen LogP contribution in [0.1, 0.15) is 0 Å². The number of hydrogen-bond acceptors (Lipinski definition) is 5. The number of nitrogens with zero attached hydrogens (tertiary/aromatic N) is 1. The van der Waals surface area contributed by atoms with Crippen molar-refractivity contribution in [3.05, 3.63) is 25.3 Å². The number of hydrogen-bond donors (Lipinski definition) is 5. The van der Waals surface area contributed by atoms with Crippen molar-refractivity contribution in [3.8, 4) is 0 Å². The first-order valence-corrected chi connectivity index (χ1v) is 8.35. The smallest absolute Gasteiger partial charge is 0.391 e. The summed E-state index contributed by atoms with van der Waals surface area (Å²) in [6, 6.07) is 0. The zero-order chi connectivity index (χ0) is 17.5. The number of aliphatic hydroxyl groups excluding tert-OH is 1. The van der Waals surface area contributed by atoms with E-state index < -0.39 is 10.4 Å². The molecular formula is C13H30N3O5S+. The van der Waals surface area contributed by atoms with Crippen LogP contribution in [0.5, 0.6) is 0 Å². The molecule has 0 heterocycles. The van der Waals surface area contributed by atoms with E-state index in [1.54, 1.807) is 0 Å². The van der Waals surface area contributed by atoms with Gasteiger partial charge in [-0.05, 0) is 0 Å². The Morgan fingerprint density at radius 1 is 1.00 bits per heavy atom. The van der Waals surface area contributed by atoms with E-state index in [0.717, 1.165) is 50.3 Å². The van der Waals surface area contributed by atoms with Crippen LogP contribution in [0, 0.1) is 0 Å². The van der Waals surface area contributed by atoms with Gasteiger partial charge >= 0.3 is 10.4 Å². The van der Waals surface area contributed by atoms with Crippen LogP contribution in [0.15, 0.2) is 25.3 Å². The highest BCUT2D eigenvalue weighted by Gasteiger charge is 2.19. The third kappa shape index (κ3) is 21.5. The van der Waals surface area contributed by atoms with Gasteiger partial charge in [0, 0.05) is 26.2 Å². The lowest BCUT2D eigenvalue weighted by Crippen LogP contribution is -2.52. The molecule has 0 rings (SSSR count). The maximum atomic E-state index is 9.12. The van der Waals surface area contributed by atoms with E-state index in [2.05, 4.69) is 30.8 Å². The second-order valence-corrected chi connectivity index (χ2v) is 5.84. The lowest BCUT2D eigenvalue weighted by Gasteiger charge is -2.34. The standard InChI is InChI=1S/C13H28N3O.H2O4S/c1-4-6-14-8-10-16(3,12-13-17)11-9-15-7-5-2;1-5(2,3)4/h4-5,14-15,17H,1-2,6-13H2,3H3;(H2,1,2,3,4)/q+1;. The highest BCUT2D eigenvalue weighted by Crippen LogP contribution is 1.99. The fourth-order valence-electron chi connectivity index (χ4n) is 1.68.